The van der Waals surface area contributed by atoms with Crippen LogP contribution in [0.25, 0.3) is 0 Å². The summed E-state index contributed by atoms with van der Waals surface area (Å²) in [6.07, 6.45) is 0. The second kappa shape index (κ2) is 12.2. The van der Waals surface area contributed by atoms with E-state index in [1.54, 1.807) is 28.4 Å². The summed E-state index contributed by atoms with van der Waals surface area (Å²) < 4.78 is 22.1. The molecule has 0 aliphatic heterocycles. The van der Waals surface area contributed by atoms with Crippen molar-refractivity contribution in [2.45, 2.75) is 19.7 Å². The minimum Gasteiger partial charge on any atom is -0.493 e. The topological polar surface area (TPSA) is 73.3 Å². The van der Waals surface area contributed by atoms with Crippen LogP contribution in [0.3, 0.4) is 0 Å². The quantitative estimate of drug-likeness (QED) is 0.358. The van der Waals surface area contributed by atoms with E-state index in [4.69, 9.17) is 18.9 Å². The van der Waals surface area contributed by atoms with Gasteiger partial charge in [0.25, 0.3) is 0 Å². The molecule has 0 fully saturated rings. The van der Waals surface area contributed by atoms with Crippen LogP contribution in [0.5, 0.6) is 23.0 Å². The highest BCUT2D eigenvalue weighted by molar-refractivity contribution is 5.79. The Hall–Kier alpha value is -3.87. The van der Waals surface area contributed by atoms with Gasteiger partial charge in [-0.1, -0.05) is 42.5 Å². The summed E-state index contributed by atoms with van der Waals surface area (Å²) in [7, 11) is 6.64. The Morgan fingerprint density at radius 2 is 1.21 bits per heavy atom. The molecule has 3 aromatic rings. The molecule has 3 rings (SSSR count). The van der Waals surface area contributed by atoms with Crippen LogP contribution in [0.1, 0.15) is 16.7 Å². The standard InChI is InChI=1S/C26H31N3O4/c1-27-26(28-16-20-10-12-22(30-2)24(14-20)31-3)29-17-21-11-13-23(25(15-21)32-4)33-18-19-8-6-5-7-9-19/h5-15H,16-18H2,1-4H3,(H2,27,28,29). The highest BCUT2D eigenvalue weighted by Crippen LogP contribution is 2.29. The van der Waals surface area contributed by atoms with Gasteiger partial charge in [-0.3, -0.25) is 4.99 Å². The number of aliphatic imine (C=N–C) groups is 1. The summed E-state index contributed by atoms with van der Waals surface area (Å²) in [6.45, 7) is 1.66. The van der Waals surface area contributed by atoms with Crippen molar-refractivity contribution in [2.75, 3.05) is 28.4 Å². The Kier molecular flexibility index (Phi) is 8.82. The molecule has 7 nitrogen and oxygen atoms in total. The number of hydrogen-bond acceptors (Lipinski definition) is 5. The summed E-state index contributed by atoms with van der Waals surface area (Å²) in [5.41, 5.74) is 3.21. The minimum atomic E-state index is 0.488. The maximum Gasteiger partial charge on any atom is 0.191 e. The first kappa shape index (κ1) is 23.8. The first-order valence-electron chi connectivity index (χ1n) is 10.7. The van der Waals surface area contributed by atoms with Gasteiger partial charge in [0.1, 0.15) is 6.61 Å². The molecule has 0 atom stereocenters. The van der Waals surface area contributed by atoms with Gasteiger partial charge in [0, 0.05) is 20.1 Å². The molecule has 0 bridgehead atoms. The normalized spacial score (nSPS) is 11.0. The number of ether oxygens (including phenoxy) is 4. The van der Waals surface area contributed by atoms with Gasteiger partial charge >= 0.3 is 0 Å². The monoisotopic (exact) mass is 449 g/mol. The summed E-state index contributed by atoms with van der Waals surface area (Å²) in [4.78, 5) is 4.30. The zero-order valence-electron chi connectivity index (χ0n) is 19.6. The fraction of sp³-hybridized carbons (Fsp3) is 0.269. The van der Waals surface area contributed by atoms with Crippen LogP contribution < -0.4 is 29.6 Å². The van der Waals surface area contributed by atoms with E-state index >= 15 is 0 Å². The fourth-order valence-electron chi connectivity index (χ4n) is 3.26. The van der Waals surface area contributed by atoms with E-state index in [2.05, 4.69) is 15.6 Å². The van der Waals surface area contributed by atoms with Crippen LogP contribution in [-0.4, -0.2) is 34.3 Å². The van der Waals surface area contributed by atoms with Gasteiger partial charge < -0.3 is 29.6 Å². The van der Waals surface area contributed by atoms with E-state index in [0.29, 0.717) is 48.7 Å². The molecule has 174 valence electrons. The SMILES string of the molecule is CN=C(NCc1ccc(OC)c(OC)c1)NCc1ccc(OCc2ccccc2)c(OC)c1. The van der Waals surface area contributed by atoms with E-state index in [-0.39, 0.29) is 0 Å². The van der Waals surface area contributed by atoms with Crippen LogP contribution >= 0.6 is 0 Å². The zero-order valence-corrected chi connectivity index (χ0v) is 19.6. The third kappa shape index (κ3) is 6.80. The lowest BCUT2D eigenvalue weighted by atomic mass is 10.2. The van der Waals surface area contributed by atoms with E-state index in [1.165, 1.54) is 0 Å². The van der Waals surface area contributed by atoms with E-state index in [9.17, 15) is 0 Å². The number of nitrogens with zero attached hydrogens (tertiary/aromatic N) is 1. The average molecular weight is 450 g/mol. The highest BCUT2D eigenvalue weighted by atomic mass is 16.5. The van der Waals surface area contributed by atoms with Crippen LogP contribution in [0, 0.1) is 0 Å². The van der Waals surface area contributed by atoms with E-state index < -0.39 is 0 Å². The van der Waals surface area contributed by atoms with Crippen molar-refractivity contribution in [3.8, 4) is 23.0 Å². The molecule has 7 heteroatoms. The smallest absolute Gasteiger partial charge is 0.191 e. The van der Waals surface area contributed by atoms with Gasteiger partial charge in [-0.15, -0.1) is 0 Å². The zero-order chi connectivity index (χ0) is 23.5. The minimum absolute atomic E-state index is 0.488. The molecule has 0 saturated heterocycles. The lowest BCUT2D eigenvalue weighted by Crippen LogP contribution is -2.36. The average Bonchev–Trinajstić information content (AvgIpc) is 2.88. The third-order valence-corrected chi connectivity index (χ3v) is 5.06. The van der Waals surface area contributed by atoms with Crippen LogP contribution in [0.15, 0.2) is 71.7 Å². The number of methoxy groups -OCH3 is 3. The third-order valence-electron chi connectivity index (χ3n) is 5.06. The Bertz CT molecular complexity index is 1050. The molecule has 0 radical (unpaired) electrons. The molecule has 0 aliphatic carbocycles. The number of benzene rings is 3. The Labute approximate surface area is 195 Å². The molecule has 0 heterocycles. The molecule has 0 aliphatic rings. The predicted molar refractivity (Wildman–Crippen MR) is 130 cm³/mol. The largest absolute Gasteiger partial charge is 0.493 e. The van der Waals surface area contributed by atoms with Gasteiger partial charge in [0.15, 0.2) is 29.0 Å². The maximum absolute atomic E-state index is 5.94. The van der Waals surface area contributed by atoms with Crippen molar-refractivity contribution < 1.29 is 18.9 Å². The van der Waals surface area contributed by atoms with Gasteiger partial charge in [-0.2, -0.15) is 0 Å². The number of guanidine groups is 1. The molecular weight excluding hydrogens is 418 g/mol. The second-order valence-corrected chi connectivity index (χ2v) is 7.23. The van der Waals surface area contributed by atoms with E-state index in [1.807, 2.05) is 66.7 Å². The van der Waals surface area contributed by atoms with Crippen LogP contribution in [-0.2, 0) is 19.7 Å². The molecule has 0 aromatic heterocycles. The number of rotatable bonds is 10. The Morgan fingerprint density at radius 1 is 0.667 bits per heavy atom. The van der Waals surface area contributed by atoms with Crippen molar-refractivity contribution in [3.63, 3.8) is 0 Å². The summed E-state index contributed by atoms with van der Waals surface area (Å²) in [6, 6.07) is 21.8. The van der Waals surface area contributed by atoms with Crippen molar-refractivity contribution in [1.29, 1.82) is 0 Å². The van der Waals surface area contributed by atoms with Crippen molar-refractivity contribution in [2.24, 2.45) is 4.99 Å². The molecule has 33 heavy (non-hydrogen) atoms. The van der Waals surface area contributed by atoms with Crippen molar-refractivity contribution in [3.05, 3.63) is 83.4 Å². The molecule has 3 aromatic carbocycles. The van der Waals surface area contributed by atoms with Crippen molar-refractivity contribution in [1.82, 2.24) is 10.6 Å². The highest BCUT2D eigenvalue weighted by Gasteiger charge is 2.08. The second-order valence-electron chi connectivity index (χ2n) is 7.23. The molecule has 2 N–H and O–H groups in total. The molecule has 0 saturated carbocycles. The Balaban J connectivity index is 1.55. The van der Waals surface area contributed by atoms with Gasteiger partial charge in [-0.25, -0.2) is 0 Å². The number of nitrogens with one attached hydrogen (secondary N) is 2. The van der Waals surface area contributed by atoms with Crippen LogP contribution in [0.2, 0.25) is 0 Å². The summed E-state index contributed by atoms with van der Waals surface area (Å²) in [5.74, 6) is 3.49. The lowest BCUT2D eigenvalue weighted by molar-refractivity contribution is 0.284. The lowest BCUT2D eigenvalue weighted by Gasteiger charge is -2.15. The molecular formula is C26H31N3O4. The van der Waals surface area contributed by atoms with E-state index in [0.717, 1.165) is 16.7 Å². The first-order valence-corrected chi connectivity index (χ1v) is 10.7. The summed E-state index contributed by atoms with van der Waals surface area (Å²) in [5, 5.41) is 6.63. The van der Waals surface area contributed by atoms with Gasteiger partial charge in [0.2, 0.25) is 0 Å². The van der Waals surface area contributed by atoms with Gasteiger partial charge in [0.05, 0.1) is 21.3 Å². The van der Waals surface area contributed by atoms with Gasteiger partial charge in [-0.05, 0) is 41.0 Å². The molecule has 0 unspecified atom stereocenters. The van der Waals surface area contributed by atoms with Crippen molar-refractivity contribution >= 4 is 5.96 Å². The Morgan fingerprint density at radius 3 is 1.76 bits per heavy atom. The van der Waals surface area contributed by atoms with Crippen LogP contribution in [0.4, 0.5) is 0 Å². The first-order chi connectivity index (χ1) is 16.2. The fourth-order valence-corrected chi connectivity index (χ4v) is 3.26. The predicted octanol–water partition coefficient (Wildman–Crippen LogP) is 4.16. The molecule has 0 spiro atoms. The number of hydrogen-bond donors (Lipinski definition) is 2. The maximum atomic E-state index is 5.94. The molecule has 0 amide bonds. The summed E-state index contributed by atoms with van der Waals surface area (Å²) >= 11 is 0.